The van der Waals surface area contributed by atoms with Crippen LogP contribution in [0.25, 0.3) is 0 Å². The molecular weight excluding hydrogens is 374 g/mol. The summed E-state index contributed by atoms with van der Waals surface area (Å²) in [5.74, 6) is -0.748. The Bertz CT molecular complexity index is 1040. The number of nitrogens with one attached hydrogen (secondary N) is 2. The molecule has 0 aliphatic rings. The van der Waals surface area contributed by atoms with Crippen molar-refractivity contribution in [2.24, 2.45) is 0 Å². The minimum Gasteiger partial charge on any atom is -0.465 e. The van der Waals surface area contributed by atoms with Crippen LogP contribution in [0.3, 0.4) is 0 Å². The predicted molar refractivity (Wildman–Crippen MR) is 103 cm³/mol. The molecule has 0 unspecified atom stereocenters. The number of methoxy groups -OCH3 is 1. The molecule has 3 aromatic rings. The number of hydrogen-bond acceptors (Lipinski definition) is 6. The van der Waals surface area contributed by atoms with Crippen molar-refractivity contribution in [3.63, 3.8) is 0 Å². The Kier molecular flexibility index (Phi) is 6.16. The summed E-state index contributed by atoms with van der Waals surface area (Å²) in [6.07, 6.45) is 1.43. The Morgan fingerprint density at radius 3 is 2.28 bits per heavy atom. The molecule has 0 atom stereocenters. The van der Waals surface area contributed by atoms with E-state index in [4.69, 9.17) is 4.74 Å². The molecule has 3 rings (SSSR count). The molecule has 8 heteroatoms. The van der Waals surface area contributed by atoms with Crippen LogP contribution in [-0.2, 0) is 4.74 Å². The van der Waals surface area contributed by atoms with Gasteiger partial charge in [-0.2, -0.15) is 0 Å². The minimum absolute atomic E-state index is 0.0574. The zero-order valence-electron chi connectivity index (χ0n) is 15.4. The number of pyridine rings is 1. The maximum Gasteiger partial charge on any atom is 0.337 e. The average molecular weight is 391 g/mol. The Morgan fingerprint density at radius 2 is 1.52 bits per heavy atom. The van der Waals surface area contributed by atoms with Gasteiger partial charge in [0.25, 0.3) is 11.8 Å². The number of hydrazine groups is 1. The molecule has 146 valence electrons. The fraction of sp³-hybridized carbons (Fsp3) is 0.0476. The van der Waals surface area contributed by atoms with Crippen LogP contribution in [0.2, 0.25) is 0 Å². The fourth-order valence-electron chi connectivity index (χ4n) is 2.38. The molecule has 2 N–H and O–H groups in total. The highest BCUT2D eigenvalue weighted by Gasteiger charge is 2.13. The van der Waals surface area contributed by atoms with Gasteiger partial charge < -0.3 is 9.47 Å². The molecule has 0 radical (unpaired) electrons. The summed E-state index contributed by atoms with van der Waals surface area (Å²) in [5.41, 5.74) is 5.02. The van der Waals surface area contributed by atoms with Gasteiger partial charge >= 0.3 is 5.97 Å². The number of amides is 2. The molecule has 0 saturated heterocycles. The number of benzene rings is 2. The van der Waals surface area contributed by atoms with E-state index in [1.54, 1.807) is 18.2 Å². The summed E-state index contributed by atoms with van der Waals surface area (Å²) < 4.78 is 10.3. The number of esters is 1. The molecule has 0 saturated carbocycles. The monoisotopic (exact) mass is 391 g/mol. The van der Waals surface area contributed by atoms with E-state index in [9.17, 15) is 14.4 Å². The van der Waals surface area contributed by atoms with Gasteiger partial charge in [0, 0.05) is 17.8 Å². The number of ether oxygens (including phenoxy) is 2. The number of aromatic nitrogens is 1. The summed E-state index contributed by atoms with van der Waals surface area (Å²) in [7, 11) is 1.25. The first-order valence-corrected chi connectivity index (χ1v) is 8.55. The largest absolute Gasteiger partial charge is 0.465 e. The van der Waals surface area contributed by atoms with Crippen LogP contribution in [0.1, 0.15) is 31.2 Å². The third-order valence-electron chi connectivity index (χ3n) is 3.78. The first-order chi connectivity index (χ1) is 14.1. The van der Waals surface area contributed by atoms with Gasteiger partial charge in [-0.05, 0) is 36.4 Å². The zero-order valence-corrected chi connectivity index (χ0v) is 15.4. The second-order valence-corrected chi connectivity index (χ2v) is 5.77. The molecule has 1 heterocycles. The van der Waals surface area contributed by atoms with Gasteiger partial charge in [0.15, 0.2) is 0 Å². The SMILES string of the molecule is COC(=O)c1cccc(C(=O)NNC(=O)c2cc(Oc3ccccc3)ccn2)c1. The van der Waals surface area contributed by atoms with E-state index in [0.29, 0.717) is 11.5 Å². The van der Waals surface area contributed by atoms with Crippen LogP contribution in [-0.4, -0.2) is 29.9 Å². The van der Waals surface area contributed by atoms with E-state index in [2.05, 4.69) is 20.6 Å². The summed E-state index contributed by atoms with van der Waals surface area (Å²) in [6, 6.07) is 18.1. The van der Waals surface area contributed by atoms with Crippen molar-refractivity contribution < 1.29 is 23.9 Å². The van der Waals surface area contributed by atoms with Crippen LogP contribution in [0, 0.1) is 0 Å². The van der Waals surface area contributed by atoms with Gasteiger partial charge in [0.05, 0.1) is 12.7 Å². The predicted octanol–water partition coefficient (Wildman–Crippen LogP) is 2.74. The average Bonchev–Trinajstić information content (AvgIpc) is 2.77. The molecule has 1 aromatic heterocycles. The van der Waals surface area contributed by atoms with Crippen molar-refractivity contribution in [3.05, 3.63) is 89.7 Å². The Morgan fingerprint density at radius 1 is 0.793 bits per heavy atom. The first kappa shape index (κ1) is 19.6. The zero-order chi connectivity index (χ0) is 20.6. The Labute approximate surface area is 166 Å². The number of hydrogen-bond donors (Lipinski definition) is 2. The van der Waals surface area contributed by atoms with Gasteiger partial charge in [-0.25, -0.2) is 4.79 Å². The van der Waals surface area contributed by atoms with Crippen molar-refractivity contribution in [2.75, 3.05) is 7.11 Å². The maximum atomic E-state index is 12.3. The highest BCUT2D eigenvalue weighted by Crippen LogP contribution is 2.20. The highest BCUT2D eigenvalue weighted by atomic mass is 16.5. The van der Waals surface area contributed by atoms with Crippen LogP contribution >= 0.6 is 0 Å². The number of carbonyl (C=O) groups excluding carboxylic acids is 3. The lowest BCUT2D eigenvalue weighted by atomic mass is 10.1. The topological polar surface area (TPSA) is 107 Å². The van der Waals surface area contributed by atoms with Crippen molar-refractivity contribution in [3.8, 4) is 11.5 Å². The number of para-hydroxylation sites is 1. The highest BCUT2D eigenvalue weighted by molar-refractivity contribution is 6.00. The van der Waals surface area contributed by atoms with Crippen LogP contribution < -0.4 is 15.6 Å². The van der Waals surface area contributed by atoms with E-state index >= 15 is 0 Å². The van der Waals surface area contributed by atoms with Crippen LogP contribution in [0.5, 0.6) is 11.5 Å². The summed E-state index contributed by atoms with van der Waals surface area (Å²) in [5, 5.41) is 0. The lowest BCUT2D eigenvalue weighted by molar-refractivity contribution is 0.0600. The molecule has 2 amide bonds. The molecule has 0 fully saturated rings. The number of nitrogens with zero attached hydrogens (tertiary/aromatic N) is 1. The summed E-state index contributed by atoms with van der Waals surface area (Å²) >= 11 is 0. The lowest BCUT2D eigenvalue weighted by Crippen LogP contribution is -2.42. The van der Waals surface area contributed by atoms with Gasteiger partial charge in [0.2, 0.25) is 0 Å². The van der Waals surface area contributed by atoms with Gasteiger partial charge in [-0.15, -0.1) is 0 Å². The lowest BCUT2D eigenvalue weighted by Gasteiger charge is -2.09. The minimum atomic E-state index is -0.624. The Hall–Kier alpha value is -4.20. The number of carbonyl (C=O) groups is 3. The molecule has 0 aliphatic carbocycles. The molecule has 8 nitrogen and oxygen atoms in total. The van der Waals surface area contributed by atoms with Crippen molar-refractivity contribution in [1.29, 1.82) is 0 Å². The van der Waals surface area contributed by atoms with Crippen molar-refractivity contribution in [2.45, 2.75) is 0 Å². The molecule has 0 aliphatic heterocycles. The quantitative estimate of drug-likeness (QED) is 0.512. The van der Waals surface area contributed by atoms with Crippen LogP contribution in [0.4, 0.5) is 0 Å². The first-order valence-electron chi connectivity index (χ1n) is 8.55. The smallest absolute Gasteiger partial charge is 0.337 e. The van der Waals surface area contributed by atoms with E-state index in [-0.39, 0.29) is 16.8 Å². The molecule has 29 heavy (non-hydrogen) atoms. The van der Waals surface area contributed by atoms with Crippen molar-refractivity contribution >= 4 is 17.8 Å². The third-order valence-corrected chi connectivity index (χ3v) is 3.78. The molecular formula is C21H17N3O5. The third kappa shape index (κ3) is 5.16. The normalized spacial score (nSPS) is 9.97. The van der Waals surface area contributed by atoms with Gasteiger partial charge in [0.1, 0.15) is 17.2 Å². The molecule has 0 spiro atoms. The summed E-state index contributed by atoms with van der Waals surface area (Å²) in [6.45, 7) is 0. The Balaban J connectivity index is 1.63. The van der Waals surface area contributed by atoms with E-state index in [0.717, 1.165) is 0 Å². The molecule has 0 bridgehead atoms. The van der Waals surface area contributed by atoms with Gasteiger partial charge in [-0.3, -0.25) is 25.4 Å². The standard InChI is InChI=1S/C21H17N3O5/c1-28-21(27)15-7-5-6-14(12-15)19(25)23-24-20(26)18-13-17(10-11-22-18)29-16-8-3-2-4-9-16/h2-13H,1H3,(H,23,25)(H,24,26). The second-order valence-electron chi connectivity index (χ2n) is 5.77. The van der Waals surface area contributed by atoms with E-state index in [1.807, 2.05) is 18.2 Å². The number of rotatable bonds is 5. The van der Waals surface area contributed by atoms with Crippen molar-refractivity contribution in [1.82, 2.24) is 15.8 Å². The van der Waals surface area contributed by atoms with E-state index in [1.165, 1.54) is 43.6 Å². The molecule has 2 aromatic carbocycles. The fourth-order valence-corrected chi connectivity index (χ4v) is 2.38. The maximum absolute atomic E-state index is 12.3. The van der Waals surface area contributed by atoms with E-state index < -0.39 is 17.8 Å². The van der Waals surface area contributed by atoms with Crippen LogP contribution in [0.15, 0.2) is 72.9 Å². The second kappa shape index (κ2) is 9.14. The summed E-state index contributed by atoms with van der Waals surface area (Å²) in [4.78, 5) is 40.1. The van der Waals surface area contributed by atoms with Gasteiger partial charge in [-0.1, -0.05) is 24.3 Å².